The number of aryl methyl sites for hydroxylation is 1. The van der Waals surface area contributed by atoms with Crippen LogP contribution < -0.4 is 9.47 Å². The third kappa shape index (κ3) is 7.89. The fourth-order valence-electron chi connectivity index (χ4n) is 2.88. The average molecular weight is 463 g/mol. The fraction of sp³-hybridized carbons (Fsp3) is 0.250. The summed E-state index contributed by atoms with van der Waals surface area (Å²) in [4.78, 5) is 35.5. The minimum Gasteiger partial charge on any atom is -0.462 e. The number of carbonyl (C=O) groups excluding carboxylic acids is 3. The Morgan fingerprint density at radius 1 is 0.735 bits per heavy atom. The van der Waals surface area contributed by atoms with Gasteiger partial charge in [0.25, 0.3) is 0 Å². The van der Waals surface area contributed by atoms with Crippen molar-refractivity contribution < 1.29 is 28.6 Å². The molecule has 0 saturated carbocycles. The number of hydrogen-bond acceptors (Lipinski definition) is 6. The second kappa shape index (κ2) is 12.3. The third-order valence-corrected chi connectivity index (χ3v) is 4.76. The van der Waals surface area contributed by atoms with Crippen molar-refractivity contribution in [3.63, 3.8) is 0 Å². The fourth-order valence-corrected chi connectivity index (χ4v) is 2.88. The summed E-state index contributed by atoms with van der Waals surface area (Å²) >= 11 is 0. The van der Waals surface area contributed by atoms with Crippen molar-refractivity contribution in [1.82, 2.24) is 0 Å². The van der Waals surface area contributed by atoms with E-state index in [1.54, 1.807) is 45.0 Å². The standard InChI is InChI=1S/C28H30O6/c1-18(2)26(29)32-15-8-7-10-23-16-22(13-14-25(23)34-28(31)20(5)6)21-11-9-12-24(17-21)33-27(30)19(3)4/h9,11-14,16-17H,1,3,5,7-8,10,15H2,2,4,6H3. The largest absolute Gasteiger partial charge is 0.462 e. The number of unbranched alkanes of at least 4 members (excludes halogenated alkanes) is 1. The van der Waals surface area contributed by atoms with E-state index in [1.165, 1.54) is 0 Å². The quantitative estimate of drug-likeness (QED) is 0.183. The molecule has 0 aliphatic rings. The Bertz CT molecular complexity index is 1130. The molecule has 0 aliphatic carbocycles. The molecule has 0 aliphatic heterocycles. The number of esters is 3. The van der Waals surface area contributed by atoms with Crippen LogP contribution in [-0.4, -0.2) is 24.5 Å². The number of benzene rings is 2. The van der Waals surface area contributed by atoms with Gasteiger partial charge in [0.1, 0.15) is 11.5 Å². The molecule has 0 radical (unpaired) electrons. The first-order chi connectivity index (χ1) is 16.1. The number of ether oxygens (including phenoxy) is 3. The molecule has 0 heterocycles. The Morgan fingerprint density at radius 3 is 2.00 bits per heavy atom. The molecule has 0 aromatic heterocycles. The van der Waals surface area contributed by atoms with Gasteiger partial charge >= 0.3 is 17.9 Å². The summed E-state index contributed by atoms with van der Waals surface area (Å²) in [6.07, 6.45) is 1.95. The Kier molecular flexibility index (Phi) is 9.56. The molecule has 0 unspecified atom stereocenters. The summed E-state index contributed by atoms with van der Waals surface area (Å²) in [6.45, 7) is 15.8. The molecule has 0 atom stereocenters. The van der Waals surface area contributed by atoms with Gasteiger partial charge in [-0.05, 0) is 81.0 Å². The molecule has 2 rings (SSSR count). The molecule has 0 bridgehead atoms. The summed E-state index contributed by atoms with van der Waals surface area (Å²) in [5.41, 5.74) is 3.49. The van der Waals surface area contributed by atoms with Crippen molar-refractivity contribution in [1.29, 1.82) is 0 Å². The van der Waals surface area contributed by atoms with E-state index in [1.807, 2.05) is 18.2 Å². The van der Waals surface area contributed by atoms with Crippen LogP contribution in [0.4, 0.5) is 0 Å². The molecule has 0 N–H and O–H groups in total. The van der Waals surface area contributed by atoms with Gasteiger partial charge in [-0.1, -0.05) is 37.9 Å². The molecule has 34 heavy (non-hydrogen) atoms. The summed E-state index contributed by atoms with van der Waals surface area (Å²) in [6, 6.07) is 12.6. The third-order valence-electron chi connectivity index (χ3n) is 4.76. The molecule has 178 valence electrons. The maximum Gasteiger partial charge on any atom is 0.338 e. The molecule has 0 amide bonds. The zero-order valence-electron chi connectivity index (χ0n) is 19.9. The van der Waals surface area contributed by atoms with Crippen LogP contribution in [0.15, 0.2) is 78.9 Å². The lowest BCUT2D eigenvalue weighted by Crippen LogP contribution is -2.10. The summed E-state index contributed by atoms with van der Waals surface area (Å²) < 4.78 is 16.0. The zero-order valence-corrected chi connectivity index (χ0v) is 19.9. The second-order valence-electron chi connectivity index (χ2n) is 8.06. The zero-order chi connectivity index (χ0) is 25.3. The molecular formula is C28H30O6. The highest BCUT2D eigenvalue weighted by atomic mass is 16.5. The average Bonchev–Trinajstić information content (AvgIpc) is 2.79. The predicted molar refractivity (Wildman–Crippen MR) is 131 cm³/mol. The Morgan fingerprint density at radius 2 is 1.35 bits per heavy atom. The van der Waals surface area contributed by atoms with Crippen LogP contribution in [0, 0.1) is 0 Å². The summed E-state index contributed by atoms with van der Waals surface area (Å²) in [7, 11) is 0. The molecular weight excluding hydrogens is 432 g/mol. The van der Waals surface area contributed by atoms with Gasteiger partial charge in [-0.15, -0.1) is 0 Å². The first-order valence-corrected chi connectivity index (χ1v) is 10.9. The number of carbonyl (C=O) groups is 3. The first kappa shape index (κ1) is 26.3. The summed E-state index contributed by atoms with van der Waals surface area (Å²) in [5.74, 6) is -0.555. The molecule has 0 fully saturated rings. The van der Waals surface area contributed by atoms with Crippen LogP contribution in [0.25, 0.3) is 11.1 Å². The second-order valence-corrected chi connectivity index (χ2v) is 8.06. The van der Waals surface area contributed by atoms with Gasteiger partial charge < -0.3 is 14.2 Å². The maximum absolute atomic E-state index is 12.1. The van der Waals surface area contributed by atoms with E-state index in [0.717, 1.165) is 16.7 Å². The predicted octanol–water partition coefficient (Wildman–Crippen LogP) is 5.76. The summed E-state index contributed by atoms with van der Waals surface area (Å²) in [5, 5.41) is 0. The van der Waals surface area contributed by atoms with Crippen molar-refractivity contribution in [3.05, 3.63) is 84.5 Å². The van der Waals surface area contributed by atoms with Crippen molar-refractivity contribution in [2.24, 2.45) is 0 Å². The Hall–Kier alpha value is -3.93. The van der Waals surface area contributed by atoms with E-state index < -0.39 is 17.9 Å². The monoisotopic (exact) mass is 462 g/mol. The van der Waals surface area contributed by atoms with Crippen molar-refractivity contribution in [2.75, 3.05) is 6.61 Å². The molecule has 0 spiro atoms. The van der Waals surface area contributed by atoms with E-state index in [4.69, 9.17) is 14.2 Å². The van der Waals surface area contributed by atoms with E-state index in [9.17, 15) is 14.4 Å². The number of hydrogen-bond donors (Lipinski definition) is 0. The molecule has 2 aromatic carbocycles. The normalized spacial score (nSPS) is 10.2. The van der Waals surface area contributed by atoms with Crippen LogP contribution in [0.2, 0.25) is 0 Å². The van der Waals surface area contributed by atoms with E-state index >= 15 is 0 Å². The highest BCUT2D eigenvalue weighted by Gasteiger charge is 2.13. The molecule has 6 heteroatoms. The van der Waals surface area contributed by atoms with Crippen LogP contribution >= 0.6 is 0 Å². The van der Waals surface area contributed by atoms with Gasteiger partial charge in [0.05, 0.1) is 6.61 Å². The van der Waals surface area contributed by atoms with Crippen LogP contribution in [-0.2, 0) is 25.5 Å². The van der Waals surface area contributed by atoms with Gasteiger partial charge in [-0.3, -0.25) is 0 Å². The smallest absolute Gasteiger partial charge is 0.338 e. The van der Waals surface area contributed by atoms with E-state index in [2.05, 4.69) is 19.7 Å². The Labute approximate surface area is 200 Å². The van der Waals surface area contributed by atoms with Crippen molar-refractivity contribution in [2.45, 2.75) is 40.0 Å². The lowest BCUT2D eigenvalue weighted by Gasteiger charge is -2.13. The molecule has 0 saturated heterocycles. The van der Waals surface area contributed by atoms with E-state index in [0.29, 0.717) is 47.5 Å². The lowest BCUT2D eigenvalue weighted by atomic mass is 9.99. The van der Waals surface area contributed by atoms with Gasteiger partial charge in [0.15, 0.2) is 0 Å². The van der Waals surface area contributed by atoms with Gasteiger partial charge in [-0.2, -0.15) is 0 Å². The minimum atomic E-state index is -0.502. The van der Waals surface area contributed by atoms with Gasteiger partial charge in [0.2, 0.25) is 0 Å². The highest BCUT2D eigenvalue weighted by Crippen LogP contribution is 2.30. The van der Waals surface area contributed by atoms with Gasteiger partial charge in [-0.25, -0.2) is 14.4 Å². The first-order valence-electron chi connectivity index (χ1n) is 10.9. The van der Waals surface area contributed by atoms with Crippen LogP contribution in [0.3, 0.4) is 0 Å². The van der Waals surface area contributed by atoms with Crippen LogP contribution in [0.1, 0.15) is 39.2 Å². The number of rotatable bonds is 11. The lowest BCUT2D eigenvalue weighted by molar-refractivity contribution is -0.139. The minimum absolute atomic E-state index is 0.280. The van der Waals surface area contributed by atoms with Crippen molar-refractivity contribution >= 4 is 17.9 Å². The van der Waals surface area contributed by atoms with Gasteiger partial charge in [0, 0.05) is 16.7 Å². The van der Waals surface area contributed by atoms with Crippen LogP contribution in [0.5, 0.6) is 11.5 Å². The topological polar surface area (TPSA) is 78.9 Å². The molecule has 6 nitrogen and oxygen atoms in total. The maximum atomic E-state index is 12.1. The highest BCUT2D eigenvalue weighted by molar-refractivity contribution is 5.89. The van der Waals surface area contributed by atoms with Crippen molar-refractivity contribution in [3.8, 4) is 22.6 Å². The SMILES string of the molecule is C=C(C)C(=O)OCCCCc1cc(-c2cccc(OC(=O)C(=C)C)c2)ccc1OC(=O)C(=C)C. The Balaban J connectivity index is 2.22. The molecule has 2 aromatic rings. The van der Waals surface area contributed by atoms with E-state index in [-0.39, 0.29) is 6.61 Å².